The van der Waals surface area contributed by atoms with Gasteiger partial charge in [-0.1, -0.05) is 6.07 Å². The first kappa shape index (κ1) is 15.8. The molecule has 3 heterocycles. The highest BCUT2D eigenvalue weighted by Gasteiger charge is 2.35. The molecule has 0 radical (unpaired) electrons. The summed E-state index contributed by atoms with van der Waals surface area (Å²) in [7, 11) is -1.67. The first-order valence-electron chi connectivity index (χ1n) is 7.86. The Morgan fingerprint density at radius 3 is 2.88 bits per heavy atom. The largest absolute Gasteiger partial charge is 0.309 e. The smallest absolute Gasteiger partial charge is 0.252 e. The Labute approximate surface area is 144 Å². The van der Waals surface area contributed by atoms with Crippen molar-refractivity contribution in [3.8, 4) is 0 Å². The summed E-state index contributed by atoms with van der Waals surface area (Å²) in [5.41, 5.74) is 1.79. The van der Waals surface area contributed by atoms with Crippen LogP contribution in [0.1, 0.15) is 24.1 Å². The van der Waals surface area contributed by atoms with Gasteiger partial charge in [0.2, 0.25) is 5.91 Å². The number of carbonyl (C=O) groups is 1. The molecule has 0 bridgehead atoms. The van der Waals surface area contributed by atoms with E-state index in [1.54, 1.807) is 22.2 Å². The van der Waals surface area contributed by atoms with Gasteiger partial charge in [-0.25, -0.2) is 8.42 Å². The van der Waals surface area contributed by atoms with Crippen LogP contribution in [-0.2, 0) is 34.8 Å². The third-order valence-corrected chi connectivity index (χ3v) is 7.70. The molecule has 2 aromatic heterocycles. The number of carbonyl (C=O) groups excluding carboxylic acids is 1. The number of aryl methyl sites for hydroxylation is 1. The summed E-state index contributed by atoms with van der Waals surface area (Å²) in [5.74, 6) is 0.557. The number of anilines is 1. The summed E-state index contributed by atoms with van der Waals surface area (Å²) < 4.78 is 29.0. The average Bonchev–Trinajstić information content (AvgIpc) is 3.17. The van der Waals surface area contributed by atoms with Crippen LogP contribution in [0.3, 0.4) is 0 Å². The van der Waals surface area contributed by atoms with Crippen molar-refractivity contribution in [2.24, 2.45) is 13.0 Å². The van der Waals surface area contributed by atoms with Crippen molar-refractivity contribution in [3.63, 3.8) is 0 Å². The van der Waals surface area contributed by atoms with Gasteiger partial charge in [0.25, 0.3) is 10.0 Å². The predicted octanol–water partition coefficient (Wildman–Crippen LogP) is 1.58. The second-order valence-corrected chi connectivity index (χ2v) is 9.29. The summed E-state index contributed by atoms with van der Waals surface area (Å²) in [6, 6.07) is 3.35. The second kappa shape index (κ2) is 5.68. The Morgan fingerprint density at radius 1 is 1.42 bits per heavy atom. The lowest BCUT2D eigenvalue weighted by Gasteiger charge is -2.26. The van der Waals surface area contributed by atoms with Crippen molar-refractivity contribution in [1.29, 1.82) is 0 Å². The maximum absolute atomic E-state index is 12.7. The zero-order chi connectivity index (χ0) is 16.9. The maximum Gasteiger partial charge on any atom is 0.252 e. The van der Waals surface area contributed by atoms with Crippen molar-refractivity contribution in [1.82, 2.24) is 14.1 Å². The molecule has 0 aromatic carbocycles. The molecule has 128 valence electrons. The van der Waals surface area contributed by atoms with Crippen molar-refractivity contribution in [3.05, 3.63) is 28.8 Å². The number of hydrogen-bond acceptors (Lipinski definition) is 5. The molecule has 9 heteroatoms. The van der Waals surface area contributed by atoms with E-state index in [9.17, 15) is 13.2 Å². The number of amides is 1. The van der Waals surface area contributed by atoms with Crippen LogP contribution in [0.5, 0.6) is 0 Å². The Bertz CT molecular complexity index is 882. The molecule has 4 rings (SSSR count). The number of aromatic nitrogens is 2. The van der Waals surface area contributed by atoms with Crippen molar-refractivity contribution in [2.45, 2.75) is 30.0 Å². The van der Waals surface area contributed by atoms with Crippen LogP contribution in [0, 0.1) is 5.92 Å². The summed E-state index contributed by atoms with van der Waals surface area (Å²) in [6.07, 6.45) is 2.42. The molecular weight excluding hydrogens is 348 g/mol. The first-order chi connectivity index (χ1) is 11.5. The van der Waals surface area contributed by atoms with Crippen LogP contribution < -0.4 is 5.32 Å². The van der Waals surface area contributed by atoms with E-state index < -0.39 is 10.0 Å². The molecule has 0 spiro atoms. The Hall–Kier alpha value is -1.71. The van der Waals surface area contributed by atoms with E-state index in [-0.39, 0.29) is 18.4 Å². The summed E-state index contributed by atoms with van der Waals surface area (Å²) in [4.78, 5) is 12.0. The third kappa shape index (κ3) is 2.66. The van der Waals surface area contributed by atoms with Gasteiger partial charge in [-0.2, -0.15) is 9.40 Å². The molecule has 1 aliphatic carbocycles. The lowest BCUT2D eigenvalue weighted by molar-refractivity contribution is -0.117. The van der Waals surface area contributed by atoms with Crippen molar-refractivity contribution < 1.29 is 13.2 Å². The molecule has 1 N–H and O–H groups in total. The van der Waals surface area contributed by atoms with Crippen molar-refractivity contribution in [2.75, 3.05) is 11.9 Å². The molecule has 2 aromatic rings. The molecule has 1 aliphatic heterocycles. The van der Waals surface area contributed by atoms with Gasteiger partial charge in [0.15, 0.2) is 5.82 Å². The summed E-state index contributed by atoms with van der Waals surface area (Å²) in [6.45, 7) is 0.659. The van der Waals surface area contributed by atoms with Gasteiger partial charge in [-0.15, -0.1) is 11.3 Å². The number of nitrogens with zero attached hydrogens (tertiary/aromatic N) is 3. The van der Waals surface area contributed by atoms with E-state index in [1.807, 2.05) is 7.05 Å². The SMILES string of the molecule is Cn1nc(NC(=O)C2CC2)c2c1CCN(S(=O)(=O)c1cccs1)C2. The van der Waals surface area contributed by atoms with Gasteiger partial charge in [0.1, 0.15) is 4.21 Å². The van der Waals surface area contributed by atoms with Gasteiger partial charge < -0.3 is 5.32 Å². The molecule has 1 fully saturated rings. The van der Waals surface area contributed by atoms with Crippen LogP contribution >= 0.6 is 11.3 Å². The minimum absolute atomic E-state index is 0.0193. The fourth-order valence-electron chi connectivity index (χ4n) is 2.97. The highest BCUT2D eigenvalue weighted by Crippen LogP contribution is 2.33. The van der Waals surface area contributed by atoms with E-state index in [0.29, 0.717) is 23.0 Å². The lowest BCUT2D eigenvalue weighted by Crippen LogP contribution is -2.36. The lowest BCUT2D eigenvalue weighted by atomic mass is 10.1. The molecular formula is C15H18N4O3S2. The molecule has 1 amide bonds. The fourth-order valence-corrected chi connectivity index (χ4v) is 5.53. The van der Waals surface area contributed by atoms with E-state index in [1.165, 1.54) is 15.6 Å². The zero-order valence-electron chi connectivity index (χ0n) is 13.2. The van der Waals surface area contributed by atoms with Crippen molar-refractivity contribution >= 4 is 33.1 Å². The normalized spacial score (nSPS) is 18.4. The highest BCUT2D eigenvalue weighted by molar-refractivity contribution is 7.91. The number of fused-ring (bicyclic) bond motifs is 1. The van der Waals surface area contributed by atoms with Crippen LogP contribution in [0.25, 0.3) is 0 Å². The Balaban J connectivity index is 1.63. The van der Waals surface area contributed by atoms with Crippen LogP contribution in [0.15, 0.2) is 21.7 Å². The zero-order valence-corrected chi connectivity index (χ0v) is 14.9. The molecule has 0 unspecified atom stereocenters. The monoisotopic (exact) mass is 366 g/mol. The molecule has 0 atom stereocenters. The molecule has 1 saturated carbocycles. The van der Waals surface area contributed by atoms with Gasteiger partial charge in [0, 0.05) is 43.7 Å². The Kier molecular flexibility index (Phi) is 3.74. The highest BCUT2D eigenvalue weighted by atomic mass is 32.2. The number of sulfonamides is 1. The van der Waals surface area contributed by atoms with Crippen LogP contribution in [0.4, 0.5) is 5.82 Å². The maximum atomic E-state index is 12.7. The minimum Gasteiger partial charge on any atom is -0.309 e. The van der Waals surface area contributed by atoms with E-state index in [2.05, 4.69) is 10.4 Å². The number of rotatable bonds is 4. The van der Waals surface area contributed by atoms with E-state index >= 15 is 0 Å². The minimum atomic E-state index is -3.50. The third-order valence-electron chi connectivity index (χ3n) is 4.49. The second-order valence-electron chi connectivity index (χ2n) is 6.18. The molecule has 24 heavy (non-hydrogen) atoms. The molecule has 0 saturated heterocycles. The number of thiophene rings is 1. The molecule has 2 aliphatic rings. The van der Waals surface area contributed by atoms with Gasteiger partial charge in [-0.05, 0) is 24.3 Å². The predicted molar refractivity (Wildman–Crippen MR) is 90.2 cm³/mol. The van der Waals surface area contributed by atoms with E-state index in [4.69, 9.17) is 0 Å². The summed E-state index contributed by atoms with van der Waals surface area (Å²) >= 11 is 1.22. The van der Waals surface area contributed by atoms with Crippen LogP contribution in [-0.4, -0.2) is 35.0 Å². The number of hydrogen-bond donors (Lipinski definition) is 1. The van der Waals surface area contributed by atoms with Crippen LogP contribution in [0.2, 0.25) is 0 Å². The topological polar surface area (TPSA) is 84.3 Å². The van der Waals surface area contributed by atoms with Gasteiger partial charge in [-0.3, -0.25) is 9.48 Å². The van der Waals surface area contributed by atoms with Gasteiger partial charge in [0.05, 0.1) is 0 Å². The fraction of sp³-hybridized carbons (Fsp3) is 0.467. The summed E-state index contributed by atoms with van der Waals surface area (Å²) in [5, 5.41) is 9.01. The average molecular weight is 366 g/mol. The van der Waals surface area contributed by atoms with Gasteiger partial charge >= 0.3 is 0 Å². The molecule has 7 nitrogen and oxygen atoms in total. The Morgan fingerprint density at radius 2 is 2.21 bits per heavy atom. The standard InChI is InChI=1S/C15H18N4O3S2/c1-18-12-6-7-19(24(21,22)13-3-2-8-23-13)9-11(12)14(17-18)16-15(20)10-4-5-10/h2-3,8,10H,4-7,9H2,1H3,(H,16,17,20). The first-order valence-corrected chi connectivity index (χ1v) is 10.2. The quantitative estimate of drug-likeness (QED) is 0.890. The number of nitrogens with one attached hydrogen (secondary N) is 1. The van der Waals surface area contributed by atoms with E-state index in [0.717, 1.165) is 24.1 Å².